The quantitative estimate of drug-likeness (QED) is 0.675. The van der Waals surface area contributed by atoms with Gasteiger partial charge in [0.05, 0.1) is 6.26 Å². The number of amides is 2. The van der Waals surface area contributed by atoms with Gasteiger partial charge in [-0.15, -0.1) is 0 Å². The normalized spacial score (nSPS) is 12.3. The van der Waals surface area contributed by atoms with Crippen LogP contribution in [0, 0.1) is 6.92 Å². The van der Waals surface area contributed by atoms with Crippen LogP contribution in [0.5, 0.6) is 0 Å². The molecular weight excluding hydrogens is 364 g/mol. The summed E-state index contributed by atoms with van der Waals surface area (Å²) in [5, 5.41) is 3.02. The van der Waals surface area contributed by atoms with Crippen molar-refractivity contribution in [1.29, 1.82) is 0 Å². The van der Waals surface area contributed by atoms with Gasteiger partial charge >= 0.3 is 0 Å². The van der Waals surface area contributed by atoms with E-state index >= 15 is 0 Å². The molecule has 29 heavy (non-hydrogen) atoms. The lowest BCUT2D eigenvalue weighted by atomic mass is 10.0. The molecule has 3 rings (SSSR count). The van der Waals surface area contributed by atoms with Crippen LogP contribution in [0.4, 0.5) is 5.69 Å². The summed E-state index contributed by atoms with van der Waals surface area (Å²) in [7, 11) is 0. The van der Waals surface area contributed by atoms with E-state index in [-0.39, 0.29) is 17.6 Å². The van der Waals surface area contributed by atoms with Crippen LogP contribution in [0.15, 0.2) is 77.4 Å². The molecule has 0 aliphatic rings. The molecule has 1 atom stereocenters. The topological polar surface area (TPSA) is 62.6 Å². The van der Waals surface area contributed by atoms with Crippen molar-refractivity contribution in [3.63, 3.8) is 0 Å². The molecule has 0 bridgehead atoms. The minimum atomic E-state index is -0.851. The zero-order valence-electron chi connectivity index (χ0n) is 17.2. The first-order valence-electron chi connectivity index (χ1n) is 9.57. The Kier molecular flexibility index (Phi) is 5.87. The zero-order valence-corrected chi connectivity index (χ0v) is 17.2. The standard InChI is InChI=1S/C24H26N2O3/c1-17-12-14-19(15-13-17)26(23(28)20-11-8-16-29-20)21(18-9-6-5-7-10-18)22(27)25-24(2,3)4/h5-16,21H,1-4H3,(H,25,27). The zero-order chi connectivity index (χ0) is 21.0. The molecule has 1 heterocycles. The molecular formula is C24H26N2O3. The maximum absolute atomic E-state index is 13.4. The molecule has 0 fully saturated rings. The number of hydrogen-bond donors (Lipinski definition) is 1. The Labute approximate surface area is 171 Å². The third kappa shape index (κ3) is 4.93. The largest absolute Gasteiger partial charge is 0.459 e. The third-order valence-corrected chi connectivity index (χ3v) is 4.38. The number of rotatable bonds is 5. The van der Waals surface area contributed by atoms with E-state index in [9.17, 15) is 9.59 Å². The Morgan fingerprint density at radius 2 is 1.59 bits per heavy atom. The van der Waals surface area contributed by atoms with Crippen molar-refractivity contribution < 1.29 is 14.0 Å². The Morgan fingerprint density at radius 1 is 0.931 bits per heavy atom. The fraction of sp³-hybridized carbons (Fsp3) is 0.250. The predicted molar refractivity (Wildman–Crippen MR) is 114 cm³/mol. The van der Waals surface area contributed by atoms with E-state index in [4.69, 9.17) is 4.42 Å². The van der Waals surface area contributed by atoms with E-state index in [0.717, 1.165) is 11.1 Å². The molecule has 0 aliphatic carbocycles. The second-order valence-corrected chi connectivity index (χ2v) is 8.04. The smallest absolute Gasteiger partial charge is 0.294 e. The number of hydrogen-bond acceptors (Lipinski definition) is 3. The van der Waals surface area contributed by atoms with Crippen molar-refractivity contribution in [3.8, 4) is 0 Å². The van der Waals surface area contributed by atoms with Gasteiger partial charge in [0.25, 0.3) is 5.91 Å². The van der Waals surface area contributed by atoms with Crippen LogP contribution < -0.4 is 10.2 Å². The summed E-state index contributed by atoms with van der Waals surface area (Å²) < 4.78 is 5.37. The highest BCUT2D eigenvalue weighted by atomic mass is 16.3. The first-order valence-corrected chi connectivity index (χ1v) is 9.57. The summed E-state index contributed by atoms with van der Waals surface area (Å²) in [6.45, 7) is 7.72. The fourth-order valence-electron chi connectivity index (χ4n) is 3.10. The highest BCUT2D eigenvalue weighted by Crippen LogP contribution is 2.30. The molecule has 2 amide bonds. The lowest BCUT2D eigenvalue weighted by Crippen LogP contribution is -2.49. The van der Waals surface area contributed by atoms with E-state index in [1.165, 1.54) is 11.2 Å². The van der Waals surface area contributed by atoms with Gasteiger partial charge in [0.2, 0.25) is 5.91 Å². The molecule has 150 valence electrons. The van der Waals surface area contributed by atoms with Gasteiger partial charge in [-0.2, -0.15) is 0 Å². The summed E-state index contributed by atoms with van der Waals surface area (Å²) in [5.41, 5.74) is 1.95. The molecule has 5 heteroatoms. The van der Waals surface area contributed by atoms with Crippen molar-refractivity contribution in [2.45, 2.75) is 39.3 Å². The lowest BCUT2D eigenvalue weighted by molar-refractivity contribution is -0.123. The Hall–Kier alpha value is -3.34. The maximum Gasteiger partial charge on any atom is 0.294 e. The van der Waals surface area contributed by atoms with Gasteiger partial charge in [-0.05, 0) is 57.5 Å². The fourth-order valence-corrected chi connectivity index (χ4v) is 3.10. The van der Waals surface area contributed by atoms with Crippen molar-refractivity contribution in [1.82, 2.24) is 5.32 Å². The summed E-state index contributed by atoms with van der Waals surface area (Å²) in [6.07, 6.45) is 1.45. The summed E-state index contributed by atoms with van der Waals surface area (Å²) in [4.78, 5) is 28.3. The van der Waals surface area contributed by atoms with Crippen LogP contribution in [0.3, 0.4) is 0 Å². The number of anilines is 1. The van der Waals surface area contributed by atoms with Gasteiger partial charge in [-0.1, -0.05) is 48.0 Å². The van der Waals surface area contributed by atoms with Gasteiger partial charge in [0, 0.05) is 11.2 Å². The maximum atomic E-state index is 13.4. The van der Waals surface area contributed by atoms with Gasteiger partial charge in [-0.25, -0.2) is 0 Å². The van der Waals surface area contributed by atoms with Crippen LogP contribution in [-0.4, -0.2) is 17.4 Å². The highest BCUT2D eigenvalue weighted by molar-refractivity contribution is 6.08. The number of carbonyl (C=O) groups excluding carboxylic acids is 2. The van der Waals surface area contributed by atoms with E-state index < -0.39 is 11.6 Å². The van der Waals surface area contributed by atoms with Crippen LogP contribution >= 0.6 is 0 Å². The predicted octanol–water partition coefficient (Wildman–Crippen LogP) is 4.89. The molecule has 3 aromatic rings. The molecule has 0 aliphatic heterocycles. The molecule has 1 aromatic heterocycles. The summed E-state index contributed by atoms with van der Waals surface area (Å²) >= 11 is 0. The average molecular weight is 390 g/mol. The number of nitrogens with zero attached hydrogens (tertiary/aromatic N) is 1. The average Bonchev–Trinajstić information content (AvgIpc) is 3.20. The summed E-state index contributed by atoms with van der Waals surface area (Å²) in [5.74, 6) is -0.462. The van der Waals surface area contributed by atoms with Crippen LogP contribution in [0.25, 0.3) is 0 Å². The Morgan fingerprint density at radius 3 is 2.14 bits per heavy atom. The van der Waals surface area contributed by atoms with Gasteiger partial charge in [0.15, 0.2) is 5.76 Å². The Bertz CT molecular complexity index is 956. The first-order chi connectivity index (χ1) is 13.8. The molecule has 1 N–H and O–H groups in total. The summed E-state index contributed by atoms with van der Waals surface area (Å²) in [6, 6.07) is 19.2. The van der Waals surface area contributed by atoms with E-state index in [1.807, 2.05) is 82.3 Å². The molecule has 5 nitrogen and oxygen atoms in total. The Balaban J connectivity index is 2.15. The van der Waals surface area contributed by atoms with E-state index in [1.54, 1.807) is 12.1 Å². The number of furan rings is 1. The van der Waals surface area contributed by atoms with E-state index in [2.05, 4.69) is 5.32 Å². The number of aryl methyl sites for hydroxylation is 1. The molecule has 0 saturated heterocycles. The molecule has 1 unspecified atom stereocenters. The molecule has 0 saturated carbocycles. The van der Waals surface area contributed by atoms with Crippen molar-refractivity contribution in [2.75, 3.05) is 4.90 Å². The highest BCUT2D eigenvalue weighted by Gasteiger charge is 2.35. The van der Waals surface area contributed by atoms with Crippen molar-refractivity contribution in [3.05, 3.63) is 89.9 Å². The second kappa shape index (κ2) is 8.35. The van der Waals surface area contributed by atoms with Gasteiger partial charge < -0.3 is 9.73 Å². The van der Waals surface area contributed by atoms with Crippen LogP contribution in [-0.2, 0) is 4.79 Å². The van der Waals surface area contributed by atoms with Gasteiger partial charge in [-0.3, -0.25) is 14.5 Å². The minimum Gasteiger partial charge on any atom is -0.459 e. The number of nitrogens with one attached hydrogen (secondary N) is 1. The molecule has 0 spiro atoms. The molecule has 0 radical (unpaired) electrons. The van der Waals surface area contributed by atoms with Crippen LogP contribution in [0.1, 0.15) is 48.5 Å². The van der Waals surface area contributed by atoms with Crippen molar-refractivity contribution in [2.24, 2.45) is 0 Å². The number of benzene rings is 2. The third-order valence-electron chi connectivity index (χ3n) is 4.38. The second-order valence-electron chi connectivity index (χ2n) is 8.04. The van der Waals surface area contributed by atoms with E-state index in [0.29, 0.717) is 5.69 Å². The minimum absolute atomic E-state index is 0.176. The lowest BCUT2D eigenvalue weighted by Gasteiger charge is -2.33. The monoisotopic (exact) mass is 390 g/mol. The SMILES string of the molecule is Cc1ccc(N(C(=O)c2ccco2)C(C(=O)NC(C)(C)C)c2ccccc2)cc1. The molecule has 2 aromatic carbocycles. The number of carbonyl (C=O) groups is 2. The van der Waals surface area contributed by atoms with Crippen molar-refractivity contribution >= 4 is 17.5 Å². The van der Waals surface area contributed by atoms with Gasteiger partial charge in [0.1, 0.15) is 6.04 Å². The van der Waals surface area contributed by atoms with Crippen LogP contribution in [0.2, 0.25) is 0 Å². The first kappa shape index (κ1) is 20.4.